The zero-order valence-electron chi connectivity index (χ0n) is 23.4. The minimum atomic E-state index is -1.04. The van der Waals surface area contributed by atoms with Gasteiger partial charge in [0, 0.05) is 18.7 Å². The standard InChI is InChI=1S/C26H32FN7O6/c1-26(2)24(35)31-23-17(40-26)8-9-20(30-23)29-22-16(27)14-28-25(32-22)34(39-11-10-33(3)4)15-12-18(36-5)21(38-7)19(13-15)37-6/h8-9,12-14H,10-11H2,1-7H3,(H2,28,29,30,31,32,35). The summed E-state index contributed by atoms with van der Waals surface area (Å²) in [7, 11) is 8.30. The molecule has 1 aliphatic heterocycles. The number of nitrogens with one attached hydrogen (secondary N) is 2. The second kappa shape index (κ2) is 11.8. The van der Waals surface area contributed by atoms with Gasteiger partial charge in [0.1, 0.15) is 5.82 Å². The van der Waals surface area contributed by atoms with Crippen LogP contribution in [0.3, 0.4) is 0 Å². The minimum Gasteiger partial charge on any atom is -0.493 e. The number of benzene rings is 1. The van der Waals surface area contributed by atoms with E-state index >= 15 is 0 Å². The Morgan fingerprint density at radius 2 is 1.77 bits per heavy atom. The molecule has 14 heteroatoms. The van der Waals surface area contributed by atoms with Gasteiger partial charge in [-0.15, -0.1) is 0 Å². The summed E-state index contributed by atoms with van der Waals surface area (Å²) in [4.78, 5) is 33.1. The fourth-order valence-electron chi connectivity index (χ4n) is 3.68. The molecule has 0 saturated heterocycles. The Morgan fingerprint density at radius 1 is 1.07 bits per heavy atom. The van der Waals surface area contributed by atoms with E-state index in [4.69, 9.17) is 23.8 Å². The van der Waals surface area contributed by atoms with Gasteiger partial charge >= 0.3 is 0 Å². The number of fused-ring (bicyclic) bond motifs is 1. The topological polar surface area (TPSA) is 132 Å². The summed E-state index contributed by atoms with van der Waals surface area (Å²) >= 11 is 0. The van der Waals surface area contributed by atoms with E-state index in [0.29, 0.717) is 35.2 Å². The van der Waals surface area contributed by atoms with Gasteiger partial charge in [-0.2, -0.15) is 10.0 Å². The lowest BCUT2D eigenvalue weighted by Crippen LogP contribution is -2.46. The summed E-state index contributed by atoms with van der Waals surface area (Å²) in [5.74, 6) is 0.730. The lowest BCUT2D eigenvalue weighted by atomic mass is 10.1. The van der Waals surface area contributed by atoms with Crippen LogP contribution in [0.5, 0.6) is 23.0 Å². The lowest BCUT2D eigenvalue weighted by Gasteiger charge is -2.30. The molecule has 0 radical (unpaired) electrons. The summed E-state index contributed by atoms with van der Waals surface area (Å²) in [6.45, 7) is 4.14. The Hall–Kier alpha value is -4.43. The normalized spacial score (nSPS) is 13.7. The van der Waals surface area contributed by atoms with Crippen molar-refractivity contribution in [3.05, 3.63) is 36.3 Å². The molecule has 13 nitrogen and oxygen atoms in total. The number of rotatable bonds is 11. The molecular formula is C26H32FN7O6. The molecule has 2 aromatic heterocycles. The zero-order chi connectivity index (χ0) is 29.0. The van der Waals surface area contributed by atoms with E-state index in [2.05, 4.69) is 25.6 Å². The van der Waals surface area contributed by atoms with Gasteiger partial charge < -0.3 is 34.5 Å². The van der Waals surface area contributed by atoms with Crippen molar-refractivity contribution in [3.8, 4) is 23.0 Å². The van der Waals surface area contributed by atoms with Crippen LogP contribution in [-0.4, -0.2) is 79.9 Å². The third-order valence-corrected chi connectivity index (χ3v) is 5.80. The number of carbonyl (C=O) groups excluding carboxylic acids is 1. The van der Waals surface area contributed by atoms with Gasteiger partial charge in [0.05, 0.1) is 39.8 Å². The van der Waals surface area contributed by atoms with Crippen LogP contribution in [0.15, 0.2) is 30.5 Å². The van der Waals surface area contributed by atoms with Gasteiger partial charge in [0.2, 0.25) is 5.75 Å². The fraction of sp³-hybridized carbons (Fsp3) is 0.385. The van der Waals surface area contributed by atoms with Gasteiger partial charge in [-0.25, -0.2) is 14.4 Å². The average Bonchev–Trinajstić information content (AvgIpc) is 2.92. The van der Waals surface area contributed by atoms with Crippen molar-refractivity contribution in [3.63, 3.8) is 0 Å². The van der Waals surface area contributed by atoms with Crippen LogP contribution in [0.2, 0.25) is 0 Å². The quantitative estimate of drug-likeness (QED) is 0.334. The SMILES string of the molecule is COc1cc(N(OCCN(C)C)c2ncc(F)c(Nc3ccc4c(n3)NC(=O)C(C)(C)O4)n2)cc(OC)c1OC. The van der Waals surface area contributed by atoms with E-state index < -0.39 is 11.4 Å². The van der Waals surface area contributed by atoms with Crippen molar-refractivity contribution < 1.29 is 33.0 Å². The highest BCUT2D eigenvalue weighted by molar-refractivity contribution is 5.99. The van der Waals surface area contributed by atoms with Crippen LogP contribution < -0.4 is 34.6 Å². The van der Waals surface area contributed by atoms with E-state index in [1.54, 1.807) is 38.1 Å². The predicted octanol–water partition coefficient (Wildman–Crippen LogP) is 3.52. The van der Waals surface area contributed by atoms with Crippen molar-refractivity contribution in [1.29, 1.82) is 0 Å². The first-order valence-electron chi connectivity index (χ1n) is 12.2. The van der Waals surface area contributed by atoms with Gasteiger partial charge in [0.25, 0.3) is 11.9 Å². The monoisotopic (exact) mass is 557 g/mol. The number of aromatic nitrogens is 3. The van der Waals surface area contributed by atoms with Gasteiger partial charge in [-0.05, 0) is 40.1 Å². The molecule has 40 heavy (non-hydrogen) atoms. The number of pyridine rings is 1. The van der Waals surface area contributed by atoms with Crippen LogP contribution in [0, 0.1) is 5.82 Å². The van der Waals surface area contributed by atoms with Gasteiger partial charge in [0.15, 0.2) is 40.3 Å². The Bertz CT molecular complexity index is 1360. The lowest BCUT2D eigenvalue weighted by molar-refractivity contribution is -0.129. The number of amides is 1. The van der Waals surface area contributed by atoms with Crippen LogP contribution in [0.25, 0.3) is 0 Å². The zero-order valence-corrected chi connectivity index (χ0v) is 23.4. The molecule has 214 valence electrons. The van der Waals surface area contributed by atoms with E-state index in [1.165, 1.54) is 26.4 Å². The molecule has 1 aliphatic rings. The van der Waals surface area contributed by atoms with Crippen LogP contribution >= 0.6 is 0 Å². The molecule has 3 heterocycles. The molecule has 0 saturated carbocycles. The highest BCUT2D eigenvalue weighted by atomic mass is 19.1. The molecule has 0 bridgehead atoms. The molecule has 1 aromatic carbocycles. The van der Waals surface area contributed by atoms with Crippen LogP contribution in [0.1, 0.15) is 13.8 Å². The maximum atomic E-state index is 14.9. The number of ether oxygens (including phenoxy) is 4. The summed E-state index contributed by atoms with van der Waals surface area (Å²) in [5.41, 5.74) is -0.597. The molecule has 2 N–H and O–H groups in total. The number of hydrogen-bond donors (Lipinski definition) is 2. The number of carbonyl (C=O) groups is 1. The first-order valence-corrected chi connectivity index (χ1v) is 12.2. The van der Waals surface area contributed by atoms with E-state index in [0.717, 1.165) is 6.20 Å². The van der Waals surface area contributed by atoms with Crippen molar-refractivity contribution in [2.75, 3.05) is 64.3 Å². The summed E-state index contributed by atoms with van der Waals surface area (Å²) in [5, 5.41) is 6.88. The van der Waals surface area contributed by atoms with E-state index in [-0.39, 0.29) is 35.9 Å². The first kappa shape index (κ1) is 28.6. The summed E-state index contributed by atoms with van der Waals surface area (Å²) in [6.07, 6.45) is 1.01. The molecule has 3 aromatic rings. The number of nitrogens with zero attached hydrogens (tertiary/aromatic N) is 5. The maximum Gasteiger partial charge on any atom is 0.269 e. The largest absolute Gasteiger partial charge is 0.493 e. The number of halogens is 1. The third-order valence-electron chi connectivity index (χ3n) is 5.80. The van der Waals surface area contributed by atoms with Crippen LogP contribution in [0.4, 0.5) is 33.5 Å². The molecule has 0 fully saturated rings. The van der Waals surface area contributed by atoms with Crippen molar-refractivity contribution >= 4 is 35.0 Å². The molecular weight excluding hydrogens is 525 g/mol. The molecule has 0 aliphatic carbocycles. The summed E-state index contributed by atoms with van der Waals surface area (Å²) < 4.78 is 37.0. The van der Waals surface area contributed by atoms with Crippen LogP contribution in [-0.2, 0) is 9.63 Å². The number of methoxy groups -OCH3 is 3. The van der Waals surface area contributed by atoms with Crippen molar-refractivity contribution in [1.82, 2.24) is 19.9 Å². The Balaban J connectivity index is 1.69. The molecule has 0 spiro atoms. The third kappa shape index (κ3) is 6.07. The predicted molar refractivity (Wildman–Crippen MR) is 146 cm³/mol. The molecule has 0 atom stereocenters. The molecule has 1 amide bonds. The highest BCUT2D eigenvalue weighted by Gasteiger charge is 2.36. The van der Waals surface area contributed by atoms with E-state index in [1.807, 2.05) is 19.0 Å². The van der Waals surface area contributed by atoms with Crippen molar-refractivity contribution in [2.45, 2.75) is 19.4 Å². The molecule has 0 unspecified atom stereocenters. The van der Waals surface area contributed by atoms with Crippen molar-refractivity contribution in [2.24, 2.45) is 0 Å². The first-order chi connectivity index (χ1) is 19.1. The molecule has 4 rings (SSSR count). The number of likely N-dealkylation sites (N-methyl/N-ethyl adjacent to an activating group) is 1. The minimum absolute atomic E-state index is 0.0216. The highest BCUT2D eigenvalue weighted by Crippen LogP contribution is 2.42. The average molecular weight is 558 g/mol. The smallest absolute Gasteiger partial charge is 0.269 e. The Morgan fingerprint density at radius 3 is 2.40 bits per heavy atom. The fourth-order valence-corrected chi connectivity index (χ4v) is 3.68. The maximum absolute atomic E-state index is 14.9. The summed E-state index contributed by atoms with van der Waals surface area (Å²) in [6, 6.07) is 6.52. The van der Waals surface area contributed by atoms with E-state index in [9.17, 15) is 9.18 Å². The Labute approximate surface area is 231 Å². The number of anilines is 5. The number of hydrogen-bond acceptors (Lipinski definition) is 12. The van der Waals surface area contributed by atoms with Gasteiger partial charge in [-0.3, -0.25) is 9.63 Å². The Kier molecular flexibility index (Phi) is 8.40. The van der Waals surface area contributed by atoms with Gasteiger partial charge in [-0.1, -0.05) is 0 Å². The second-order valence-corrected chi connectivity index (χ2v) is 9.42. The second-order valence-electron chi connectivity index (χ2n) is 9.42.